The van der Waals surface area contributed by atoms with Crippen molar-refractivity contribution in [2.45, 2.75) is 13.0 Å². The van der Waals surface area contributed by atoms with Crippen molar-refractivity contribution in [3.63, 3.8) is 0 Å². The molecule has 0 aliphatic carbocycles. The molecule has 0 spiro atoms. The summed E-state index contributed by atoms with van der Waals surface area (Å²) < 4.78 is 40.7. The van der Waals surface area contributed by atoms with E-state index in [0.29, 0.717) is 0 Å². The first-order valence-electron chi connectivity index (χ1n) is 6.10. The average Bonchev–Trinajstić information content (AvgIpc) is 2.41. The summed E-state index contributed by atoms with van der Waals surface area (Å²) in [5, 5.41) is 2.45. The predicted octanol–water partition coefficient (Wildman–Crippen LogP) is 4.36. The summed E-state index contributed by atoms with van der Waals surface area (Å²) >= 11 is 3.09. The molecule has 110 valence electrons. The number of amides is 1. The predicted molar refractivity (Wildman–Crippen MR) is 76.3 cm³/mol. The fourth-order valence-corrected chi connectivity index (χ4v) is 2.43. The molecule has 0 bridgehead atoms. The molecule has 2 nitrogen and oxygen atoms in total. The Bertz CT molecular complexity index is 670. The molecule has 2 aromatic rings. The minimum atomic E-state index is -0.806. The first kappa shape index (κ1) is 15.6. The molecular weight excluding hydrogens is 347 g/mol. The van der Waals surface area contributed by atoms with E-state index in [2.05, 4.69) is 21.2 Å². The van der Waals surface area contributed by atoms with Crippen LogP contribution in [0, 0.1) is 17.5 Å². The maximum absolute atomic E-state index is 13.7. The number of carbonyl (C=O) groups is 1. The third-order valence-electron chi connectivity index (χ3n) is 2.96. The molecule has 0 aliphatic heterocycles. The van der Waals surface area contributed by atoms with E-state index in [1.54, 1.807) is 0 Å². The monoisotopic (exact) mass is 357 g/mol. The second-order valence-corrected chi connectivity index (χ2v) is 5.31. The lowest BCUT2D eigenvalue weighted by atomic mass is 10.1. The Morgan fingerprint density at radius 3 is 2.52 bits per heavy atom. The standard InChI is InChI=1S/C15H11BrF3NO/c1-8(10-7-9(17)5-6-12(10)18)20-15(21)14-11(16)3-2-4-13(14)19/h2-8H,1H3,(H,20,21). The van der Waals surface area contributed by atoms with Crippen LogP contribution in [-0.4, -0.2) is 5.91 Å². The highest BCUT2D eigenvalue weighted by Gasteiger charge is 2.19. The molecule has 1 unspecified atom stereocenters. The highest BCUT2D eigenvalue weighted by molar-refractivity contribution is 9.10. The van der Waals surface area contributed by atoms with Crippen LogP contribution in [0.25, 0.3) is 0 Å². The fraction of sp³-hybridized carbons (Fsp3) is 0.133. The quantitative estimate of drug-likeness (QED) is 0.868. The molecule has 6 heteroatoms. The number of nitrogens with one attached hydrogen (secondary N) is 1. The van der Waals surface area contributed by atoms with E-state index < -0.39 is 29.4 Å². The van der Waals surface area contributed by atoms with E-state index in [1.807, 2.05) is 0 Å². The summed E-state index contributed by atoms with van der Waals surface area (Å²) in [5.41, 5.74) is -0.183. The van der Waals surface area contributed by atoms with Gasteiger partial charge in [0.25, 0.3) is 5.91 Å². The molecule has 1 atom stereocenters. The zero-order valence-electron chi connectivity index (χ0n) is 11.0. The van der Waals surface area contributed by atoms with E-state index in [0.717, 1.165) is 24.3 Å². The molecule has 1 N–H and O–H groups in total. The summed E-state index contributed by atoms with van der Waals surface area (Å²) in [6, 6.07) is 6.27. The van der Waals surface area contributed by atoms with Crippen molar-refractivity contribution in [3.8, 4) is 0 Å². The largest absolute Gasteiger partial charge is 0.345 e. The van der Waals surface area contributed by atoms with E-state index in [1.165, 1.54) is 19.1 Å². The third kappa shape index (κ3) is 3.44. The van der Waals surface area contributed by atoms with Gasteiger partial charge in [0.05, 0.1) is 11.6 Å². The summed E-state index contributed by atoms with van der Waals surface area (Å²) in [4.78, 5) is 12.1. The number of hydrogen-bond acceptors (Lipinski definition) is 1. The molecule has 2 aromatic carbocycles. The lowest BCUT2D eigenvalue weighted by molar-refractivity contribution is 0.0934. The van der Waals surface area contributed by atoms with Gasteiger partial charge in [-0.3, -0.25) is 4.79 Å². The smallest absolute Gasteiger partial charge is 0.255 e. The molecular formula is C15H11BrF3NO. The van der Waals surface area contributed by atoms with Crippen molar-refractivity contribution < 1.29 is 18.0 Å². The van der Waals surface area contributed by atoms with Gasteiger partial charge >= 0.3 is 0 Å². The van der Waals surface area contributed by atoms with Crippen molar-refractivity contribution in [1.29, 1.82) is 0 Å². The van der Waals surface area contributed by atoms with Gasteiger partial charge in [-0.1, -0.05) is 6.07 Å². The van der Waals surface area contributed by atoms with Gasteiger partial charge in [0, 0.05) is 10.0 Å². The molecule has 0 heterocycles. The molecule has 0 fully saturated rings. The maximum Gasteiger partial charge on any atom is 0.255 e. The van der Waals surface area contributed by atoms with Gasteiger partial charge in [-0.25, -0.2) is 13.2 Å². The molecule has 0 aliphatic rings. The fourth-order valence-electron chi connectivity index (χ4n) is 1.91. The van der Waals surface area contributed by atoms with Crippen LogP contribution >= 0.6 is 15.9 Å². The number of rotatable bonds is 3. The van der Waals surface area contributed by atoms with E-state index in [9.17, 15) is 18.0 Å². The molecule has 0 saturated carbocycles. The van der Waals surface area contributed by atoms with Gasteiger partial charge in [-0.2, -0.15) is 0 Å². The number of carbonyl (C=O) groups excluding carboxylic acids is 1. The van der Waals surface area contributed by atoms with E-state index in [-0.39, 0.29) is 15.6 Å². The highest BCUT2D eigenvalue weighted by atomic mass is 79.9. The number of benzene rings is 2. The Kier molecular flexibility index (Phi) is 4.67. The Balaban J connectivity index is 2.25. The van der Waals surface area contributed by atoms with Crippen LogP contribution in [0.1, 0.15) is 28.9 Å². The minimum absolute atomic E-state index is 0.00388. The molecule has 0 saturated heterocycles. The first-order valence-corrected chi connectivity index (χ1v) is 6.89. The Labute approximate surface area is 128 Å². The zero-order chi connectivity index (χ0) is 15.6. The van der Waals surface area contributed by atoms with E-state index in [4.69, 9.17) is 0 Å². The van der Waals surface area contributed by atoms with Crippen LogP contribution in [0.2, 0.25) is 0 Å². The summed E-state index contributed by atoms with van der Waals surface area (Å²) in [6.07, 6.45) is 0. The maximum atomic E-state index is 13.7. The number of hydrogen-bond donors (Lipinski definition) is 1. The molecule has 0 aromatic heterocycles. The third-order valence-corrected chi connectivity index (χ3v) is 3.62. The van der Waals surface area contributed by atoms with Crippen molar-refractivity contribution in [1.82, 2.24) is 5.32 Å². The van der Waals surface area contributed by atoms with Crippen LogP contribution < -0.4 is 5.32 Å². The van der Waals surface area contributed by atoms with Crippen molar-refractivity contribution in [2.75, 3.05) is 0 Å². The molecule has 2 rings (SSSR count). The van der Waals surface area contributed by atoms with E-state index >= 15 is 0 Å². The van der Waals surface area contributed by atoms with Crippen LogP contribution in [-0.2, 0) is 0 Å². The van der Waals surface area contributed by atoms with Crippen molar-refractivity contribution >= 4 is 21.8 Å². The topological polar surface area (TPSA) is 29.1 Å². The summed E-state index contributed by atoms with van der Waals surface area (Å²) in [5.74, 6) is -2.67. The van der Waals surface area contributed by atoms with Gasteiger partial charge < -0.3 is 5.32 Å². The van der Waals surface area contributed by atoms with Crippen molar-refractivity contribution in [3.05, 3.63) is 69.4 Å². The number of halogens is 4. The van der Waals surface area contributed by atoms with Gasteiger partial charge in [-0.05, 0) is 53.2 Å². The second-order valence-electron chi connectivity index (χ2n) is 4.46. The summed E-state index contributed by atoms with van der Waals surface area (Å²) in [6.45, 7) is 1.49. The Morgan fingerprint density at radius 1 is 1.14 bits per heavy atom. The van der Waals surface area contributed by atoms with Crippen LogP contribution in [0.15, 0.2) is 40.9 Å². The highest BCUT2D eigenvalue weighted by Crippen LogP contribution is 2.22. The normalized spacial score (nSPS) is 12.0. The molecule has 1 amide bonds. The first-order chi connectivity index (χ1) is 9.90. The lowest BCUT2D eigenvalue weighted by Gasteiger charge is -2.16. The SMILES string of the molecule is CC(NC(=O)c1c(F)cccc1Br)c1cc(F)ccc1F. The summed E-state index contributed by atoms with van der Waals surface area (Å²) in [7, 11) is 0. The zero-order valence-corrected chi connectivity index (χ0v) is 12.5. The van der Waals surface area contributed by atoms with Crippen molar-refractivity contribution in [2.24, 2.45) is 0 Å². The second kappa shape index (κ2) is 6.30. The molecule has 21 heavy (non-hydrogen) atoms. The minimum Gasteiger partial charge on any atom is -0.345 e. The van der Waals surface area contributed by atoms with Gasteiger partial charge in [0.15, 0.2) is 0 Å². The van der Waals surface area contributed by atoms with Gasteiger partial charge in [0.1, 0.15) is 17.5 Å². The Morgan fingerprint density at radius 2 is 1.86 bits per heavy atom. The van der Waals surface area contributed by atoms with Gasteiger partial charge in [0.2, 0.25) is 0 Å². The average molecular weight is 358 g/mol. The lowest BCUT2D eigenvalue weighted by Crippen LogP contribution is -2.28. The van der Waals surface area contributed by atoms with Crippen LogP contribution in [0.3, 0.4) is 0 Å². The van der Waals surface area contributed by atoms with Crippen LogP contribution in [0.5, 0.6) is 0 Å². The van der Waals surface area contributed by atoms with Crippen LogP contribution in [0.4, 0.5) is 13.2 Å². The Hall–Kier alpha value is -1.82. The molecule has 0 radical (unpaired) electrons. The van der Waals surface area contributed by atoms with Gasteiger partial charge in [-0.15, -0.1) is 0 Å².